The third kappa shape index (κ3) is 3.95. The molecule has 0 fully saturated rings. The third-order valence-corrected chi connectivity index (χ3v) is 5.32. The molecule has 7 heteroatoms. The molecule has 4 rings (SSSR count). The molecule has 30 heavy (non-hydrogen) atoms. The SMILES string of the molecule is O=C(Nc1cccc(Cl)c1)C(Cc1cccc(Cl)c1)N1C(=O)c2ccccc2C1=O. The van der Waals surface area contributed by atoms with Gasteiger partial charge in [-0.1, -0.05) is 53.5 Å². The number of carbonyl (C=O) groups is 3. The number of benzene rings is 3. The van der Waals surface area contributed by atoms with Crippen molar-refractivity contribution in [1.82, 2.24) is 4.90 Å². The van der Waals surface area contributed by atoms with Gasteiger partial charge in [0.1, 0.15) is 6.04 Å². The van der Waals surface area contributed by atoms with E-state index >= 15 is 0 Å². The highest BCUT2D eigenvalue weighted by atomic mass is 35.5. The van der Waals surface area contributed by atoms with E-state index in [9.17, 15) is 14.4 Å². The molecule has 1 unspecified atom stereocenters. The summed E-state index contributed by atoms with van der Waals surface area (Å²) in [6, 6.07) is 19.1. The average Bonchev–Trinajstić information content (AvgIpc) is 2.97. The normalized spacial score (nSPS) is 13.9. The van der Waals surface area contributed by atoms with Gasteiger partial charge < -0.3 is 5.32 Å². The number of hydrogen-bond donors (Lipinski definition) is 1. The number of amides is 3. The Bertz CT molecular complexity index is 1130. The first-order chi connectivity index (χ1) is 14.4. The number of imide groups is 1. The van der Waals surface area contributed by atoms with Gasteiger partial charge in [0.2, 0.25) is 5.91 Å². The molecule has 0 aliphatic carbocycles. The lowest BCUT2D eigenvalue weighted by molar-refractivity contribution is -0.119. The van der Waals surface area contributed by atoms with Crippen LogP contribution in [0.5, 0.6) is 0 Å². The lowest BCUT2D eigenvalue weighted by atomic mass is 10.0. The highest BCUT2D eigenvalue weighted by Gasteiger charge is 2.42. The molecular weight excluding hydrogens is 423 g/mol. The Hall–Kier alpha value is -3.15. The van der Waals surface area contributed by atoms with Gasteiger partial charge in [-0.15, -0.1) is 0 Å². The average molecular weight is 439 g/mol. The predicted molar refractivity (Wildman–Crippen MR) is 116 cm³/mol. The molecule has 3 aromatic rings. The summed E-state index contributed by atoms with van der Waals surface area (Å²) >= 11 is 12.1. The molecule has 0 aromatic heterocycles. The fourth-order valence-electron chi connectivity index (χ4n) is 3.47. The van der Waals surface area contributed by atoms with Crippen molar-refractivity contribution in [3.8, 4) is 0 Å². The van der Waals surface area contributed by atoms with E-state index < -0.39 is 23.8 Å². The summed E-state index contributed by atoms with van der Waals surface area (Å²) in [5.74, 6) is -1.49. The first kappa shape index (κ1) is 20.1. The van der Waals surface area contributed by atoms with Crippen LogP contribution >= 0.6 is 23.2 Å². The van der Waals surface area contributed by atoms with Gasteiger partial charge in [-0.05, 0) is 48.0 Å². The highest BCUT2D eigenvalue weighted by molar-refractivity contribution is 6.31. The van der Waals surface area contributed by atoms with Crippen LogP contribution in [-0.2, 0) is 11.2 Å². The summed E-state index contributed by atoms with van der Waals surface area (Å²) in [7, 11) is 0. The fraction of sp³-hybridized carbons (Fsp3) is 0.0870. The van der Waals surface area contributed by atoms with Crippen molar-refractivity contribution in [2.75, 3.05) is 5.32 Å². The van der Waals surface area contributed by atoms with E-state index in [4.69, 9.17) is 23.2 Å². The standard InChI is InChI=1S/C23H16Cl2N2O3/c24-15-6-3-5-14(11-15)12-20(21(28)26-17-8-4-7-16(25)13-17)27-22(29)18-9-1-2-10-19(18)23(27)30/h1-11,13,20H,12H2,(H,26,28). The molecule has 0 radical (unpaired) electrons. The fourth-order valence-corrected chi connectivity index (χ4v) is 3.87. The molecule has 3 amide bonds. The number of halogens is 2. The van der Waals surface area contributed by atoms with Crippen LogP contribution in [-0.4, -0.2) is 28.7 Å². The molecule has 0 bridgehead atoms. The first-order valence-electron chi connectivity index (χ1n) is 9.22. The van der Waals surface area contributed by atoms with E-state index in [1.54, 1.807) is 72.8 Å². The Morgan fingerprint density at radius 3 is 2.03 bits per heavy atom. The van der Waals surface area contributed by atoms with Gasteiger partial charge >= 0.3 is 0 Å². The molecule has 1 aliphatic rings. The van der Waals surface area contributed by atoms with Crippen molar-refractivity contribution in [2.45, 2.75) is 12.5 Å². The molecule has 0 saturated heterocycles. The number of rotatable bonds is 5. The zero-order valence-corrected chi connectivity index (χ0v) is 17.2. The predicted octanol–water partition coefficient (Wildman–Crippen LogP) is 4.84. The summed E-state index contributed by atoms with van der Waals surface area (Å²) in [5, 5.41) is 3.72. The summed E-state index contributed by atoms with van der Waals surface area (Å²) in [4.78, 5) is 40.2. The quantitative estimate of drug-likeness (QED) is 0.579. The van der Waals surface area contributed by atoms with Crippen LogP contribution in [0.2, 0.25) is 10.0 Å². The summed E-state index contributed by atoms with van der Waals surface area (Å²) in [6.07, 6.45) is 0.123. The van der Waals surface area contributed by atoms with E-state index in [1.165, 1.54) is 0 Å². The maximum absolute atomic E-state index is 13.2. The highest BCUT2D eigenvalue weighted by Crippen LogP contribution is 2.27. The Balaban J connectivity index is 1.69. The minimum Gasteiger partial charge on any atom is -0.324 e. The molecule has 1 aliphatic heterocycles. The second-order valence-electron chi connectivity index (χ2n) is 6.88. The summed E-state index contributed by atoms with van der Waals surface area (Å²) < 4.78 is 0. The van der Waals surface area contributed by atoms with E-state index in [1.807, 2.05) is 0 Å². The van der Waals surface area contributed by atoms with Crippen molar-refractivity contribution in [3.05, 3.63) is 99.5 Å². The number of nitrogens with zero attached hydrogens (tertiary/aromatic N) is 1. The van der Waals surface area contributed by atoms with Crippen molar-refractivity contribution in [2.24, 2.45) is 0 Å². The second kappa shape index (κ2) is 8.30. The summed E-state index contributed by atoms with van der Waals surface area (Å²) in [6.45, 7) is 0. The largest absolute Gasteiger partial charge is 0.324 e. The lowest BCUT2D eigenvalue weighted by Crippen LogP contribution is -2.48. The van der Waals surface area contributed by atoms with Crippen LogP contribution < -0.4 is 5.32 Å². The second-order valence-corrected chi connectivity index (χ2v) is 7.75. The zero-order chi connectivity index (χ0) is 21.3. The van der Waals surface area contributed by atoms with E-state index in [-0.39, 0.29) is 17.5 Å². The van der Waals surface area contributed by atoms with Gasteiger partial charge in [0.05, 0.1) is 11.1 Å². The van der Waals surface area contributed by atoms with Gasteiger partial charge in [0, 0.05) is 22.2 Å². The number of fused-ring (bicyclic) bond motifs is 1. The molecule has 150 valence electrons. The molecule has 1 atom stereocenters. The minimum absolute atomic E-state index is 0.123. The monoisotopic (exact) mass is 438 g/mol. The van der Waals surface area contributed by atoms with Gasteiger partial charge in [-0.3, -0.25) is 19.3 Å². The van der Waals surface area contributed by atoms with Crippen LogP contribution in [0, 0.1) is 0 Å². The Labute approximate surface area is 183 Å². The van der Waals surface area contributed by atoms with Gasteiger partial charge in [-0.25, -0.2) is 0 Å². The number of nitrogens with one attached hydrogen (secondary N) is 1. The number of anilines is 1. The molecule has 0 spiro atoms. The van der Waals surface area contributed by atoms with E-state index in [2.05, 4.69) is 5.32 Å². The lowest BCUT2D eigenvalue weighted by Gasteiger charge is -2.25. The van der Waals surface area contributed by atoms with Crippen LogP contribution in [0.4, 0.5) is 5.69 Å². The van der Waals surface area contributed by atoms with Crippen LogP contribution in [0.3, 0.4) is 0 Å². The van der Waals surface area contributed by atoms with Crippen molar-refractivity contribution in [1.29, 1.82) is 0 Å². The first-order valence-corrected chi connectivity index (χ1v) is 9.97. The molecule has 0 saturated carbocycles. The Morgan fingerprint density at radius 2 is 1.43 bits per heavy atom. The van der Waals surface area contributed by atoms with E-state index in [0.29, 0.717) is 15.7 Å². The van der Waals surface area contributed by atoms with Gasteiger partial charge in [0.15, 0.2) is 0 Å². The maximum Gasteiger partial charge on any atom is 0.262 e. The third-order valence-electron chi connectivity index (χ3n) is 4.85. The Kier molecular flexibility index (Phi) is 5.57. The van der Waals surface area contributed by atoms with Crippen molar-refractivity contribution < 1.29 is 14.4 Å². The van der Waals surface area contributed by atoms with Crippen LogP contribution in [0.1, 0.15) is 26.3 Å². The molecular formula is C23H16Cl2N2O3. The molecule has 1 N–H and O–H groups in total. The molecule has 5 nitrogen and oxygen atoms in total. The Morgan fingerprint density at radius 1 is 0.833 bits per heavy atom. The smallest absolute Gasteiger partial charge is 0.262 e. The topological polar surface area (TPSA) is 66.5 Å². The molecule has 3 aromatic carbocycles. The number of hydrogen-bond acceptors (Lipinski definition) is 3. The zero-order valence-electron chi connectivity index (χ0n) is 15.6. The van der Waals surface area contributed by atoms with Gasteiger partial charge in [-0.2, -0.15) is 0 Å². The minimum atomic E-state index is -1.06. The van der Waals surface area contributed by atoms with Crippen molar-refractivity contribution in [3.63, 3.8) is 0 Å². The van der Waals surface area contributed by atoms with Crippen LogP contribution in [0.25, 0.3) is 0 Å². The van der Waals surface area contributed by atoms with Gasteiger partial charge in [0.25, 0.3) is 11.8 Å². The summed E-state index contributed by atoms with van der Waals surface area (Å²) in [5.41, 5.74) is 1.77. The van der Waals surface area contributed by atoms with Crippen LogP contribution in [0.15, 0.2) is 72.8 Å². The van der Waals surface area contributed by atoms with Crippen molar-refractivity contribution >= 4 is 46.6 Å². The van der Waals surface area contributed by atoms with E-state index in [0.717, 1.165) is 10.5 Å². The maximum atomic E-state index is 13.2. The number of carbonyl (C=O) groups excluding carboxylic acids is 3. The molecule has 1 heterocycles.